The van der Waals surface area contributed by atoms with E-state index in [-0.39, 0.29) is 18.2 Å². The minimum absolute atomic E-state index is 0.135. The molecule has 1 atom stereocenters. The maximum atomic E-state index is 12.6. The Balaban J connectivity index is 1.78. The number of rotatable bonds is 8. The molecule has 2 aromatic heterocycles. The van der Waals surface area contributed by atoms with Gasteiger partial charge < -0.3 is 14.5 Å². The molecule has 0 aliphatic carbocycles. The Bertz CT molecular complexity index is 1080. The Morgan fingerprint density at radius 2 is 2.17 bits per heavy atom. The van der Waals surface area contributed by atoms with E-state index in [2.05, 4.69) is 19.6 Å². The van der Waals surface area contributed by atoms with Crippen LogP contribution in [0.3, 0.4) is 0 Å². The van der Waals surface area contributed by atoms with Crippen molar-refractivity contribution in [2.75, 3.05) is 39.7 Å². The van der Waals surface area contributed by atoms with E-state index in [4.69, 9.17) is 9.47 Å². The molecule has 0 saturated carbocycles. The number of methoxy groups -OCH3 is 1. The van der Waals surface area contributed by atoms with E-state index in [9.17, 15) is 18.0 Å². The van der Waals surface area contributed by atoms with Gasteiger partial charge in [-0.25, -0.2) is 22.9 Å². The molecular weight excluding hydrogens is 432 g/mol. The highest BCUT2D eigenvalue weighted by Crippen LogP contribution is 2.28. The maximum Gasteiger partial charge on any atom is 0.348 e. The molecular formula is C18H26N4O6S2. The first kappa shape index (κ1) is 22.8. The zero-order valence-electron chi connectivity index (χ0n) is 17.2. The third-order valence-electron chi connectivity index (χ3n) is 4.82. The van der Waals surface area contributed by atoms with Crippen molar-refractivity contribution in [3.8, 4) is 0 Å². The van der Waals surface area contributed by atoms with Crippen LogP contribution in [0.1, 0.15) is 33.9 Å². The van der Waals surface area contributed by atoms with Gasteiger partial charge in [0.1, 0.15) is 22.1 Å². The molecule has 1 fully saturated rings. The zero-order chi connectivity index (χ0) is 21.9. The first-order valence-corrected chi connectivity index (χ1v) is 12.3. The summed E-state index contributed by atoms with van der Waals surface area (Å²) in [6.45, 7) is 3.84. The van der Waals surface area contributed by atoms with Crippen molar-refractivity contribution in [2.24, 2.45) is 0 Å². The molecule has 3 rings (SSSR count). The Morgan fingerprint density at radius 3 is 2.87 bits per heavy atom. The van der Waals surface area contributed by atoms with Crippen LogP contribution < -0.4 is 10.3 Å². The standard InChI is InChI=1S/C18H26N4O6S2/c1-11-14-16(23)19-13(10-22-6-4-5-12(9-22)21-30(3,25)26)20-17(14)29-15(11)18(24)28-8-7-27-2/h12,21H,4-10H2,1-3H3,(H,19,20,23). The molecule has 3 heterocycles. The summed E-state index contributed by atoms with van der Waals surface area (Å²) in [6, 6.07) is -0.165. The lowest BCUT2D eigenvalue weighted by Gasteiger charge is -2.32. The second-order valence-electron chi connectivity index (χ2n) is 7.34. The number of hydrogen-bond donors (Lipinski definition) is 2. The van der Waals surface area contributed by atoms with Crippen LogP contribution in [-0.4, -0.2) is 75.0 Å². The minimum atomic E-state index is -3.27. The number of carbonyl (C=O) groups excluding carboxylic acids is 1. The van der Waals surface area contributed by atoms with Crippen LogP contribution in [0.5, 0.6) is 0 Å². The number of aromatic amines is 1. The average molecular weight is 459 g/mol. The first-order chi connectivity index (χ1) is 14.2. The number of ether oxygens (including phenoxy) is 2. The summed E-state index contributed by atoms with van der Waals surface area (Å²) < 4.78 is 35.7. The van der Waals surface area contributed by atoms with Crippen LogP contribution in [0.4, 0.5) is 0 Å². The zero-order valence-corrected chi connectivity index (χ0v) is 18.8. The molecule has 10 nitrogen and oxygen atoms in total. The lowest BCUT2D eigenvalue weighted by Crippen LogP contribution is -2.47. The van der Waals surface area contributed by atoms with Gasteiger partial charge in [0, 0.05) is 19.7 Å². The number of nitrogens with zero attached hydrogens (tertiary/aromatic N) is 2. The van der Waals surface area contributed by atoms with Crippen molar-refractivity contribution < 1.29 is 22.7 Å². The maximum absolute atomic E-state index is 12.6. The van der Waals surface area contributed by atoms with Gasteiger partial charge in [0.15, 0.2) is 0 Å². The summed E-state index contributed by atoms with van der Waals surface area (Å²) in [5.41, 5.74) is 0.246. The summed E-state index contributed by atoms with van der Waals surface area (Å²) in [6.07, 6.45) is 2.76. The lowest BCUT2D eigenvalue weighted by atomic mass is 10.1. The van der Waals surface area contributed by atoms with E-state index >= 15 is 0 Å². The molecule has 2 aromatic rings. The molecule has 0 amide bonds. The number of fused-ring (bicyclic) bond motifs is 1. The van der Waals surface area contributed by atoms with E-state index in [1.165, 1.54) is 7.11 Å². The number of aromatic nitrogens is 2. The topological polar surface area (TPSA) is 131 Å². The summed E-state index contributed by atoms with van der Waals surface area (Å²) in [5.74, 6) is -0.0210. The van der Waals surface area contributed by atoms with Crippen LogP contribution >= 0.6 is 11.3 Å². The molecule has 166 valence electrons. The highest BCUT2D eigenvalue weighted by molar-refractivity contribution is 7.88. The summed E-state index contributed by atoms with van der Waals surface area (Å²) >= 11 is 1.13. The van der Waals surface area contributed by atoms with Gasteiger partial charge in [0.05, 0.1) is 24.8 Å². The molecule has 0 radical (unpaired) electrons. The second kappa shape index (κ2) is 9.52. The van der Waals surface area contributed by atoms with Gasteiger partial charge in [-0.2, -0.15) is 0 Å². The molecule has 2 N–H and O–H groups in total. The van der Waals surface area contributed by atoms with Crippen molar-refractivity contribution in [3.05, 3.63) is 26.6 Å². The summed E-state index contributed by atoms with van der Waals surface area (Å²) in [5, 5.41) is 0.387. The first-order valence-electron chi connectivity index (χ1n) is 9.56. The van der Waals surface area contributed by atoms with E-state index in [0.29, 0.717) is 46.2 Å². The fraction of sp³-hybridized carbons (Fsp3) is 0.611. The van der Waals surface area contributed by atoms with Gasteiger partial charge >= 0.3 is 5.97 Å². The number of thiophene rings is 1. The number of esters is 1. The van der Waals surface area contributed by atoms with Gasteiger partial charge in [0.25, 0.3) is 5.56 Å². The number of hydrogen-bond acceptors (Lipinski definition) is 9. The molecule has 0 aromatic carbocycles. The van der Waals surface area contributed by atoms with Crippen molar-refractivity contribution >= 4 is 37.5 Å². The van der Waals surface area contributed by atoms with Crippen LogP contribution in [-0.2, 0) is 26.0 Å². The van der Waals surface area contributed by atoms with E-state index in [0.717, 1.165) is 37.0 Å². The molecule has 0 spiro atoms. The number of sulfonamides is 1. The SMILES string of the molecule is COCCOC(=O)c1sc2nc(CN3CCCC(NS(C)(=O)=O)C3)[nH]c(=O)c2c1C. The van der Waals surface area contributed by atoms with Crippen molar-refractivity contribution in [2.45, 2.75) is 32.4 Å². The number of H-pyrrole nitrogens is 1. The Kier molecular flexibility index (Phi) is 7.24. The fourth-order valence-corrected chi connectivity index (χ4v) is 5.44. The highest BCUT2D eigenvalue weighted by Gasteiger charge is 2.24. The van der Waals surface area contributed by atoms with Gasteiger partial charge in [0.2, 0.25) is 10.0 Å². The number of nitrogens with one attached hydrogen (secondary N) is 2. The predicted octanol–water partition coefficient (Wildman–Crippen LogP) is 0.610. The van der Waals surface area contributed by atoms with Gasteiger partial charge in [-0.3, -0.25) is 9.69 Å². The Morgan fingerprint density at radius 1 is 1.40 bits per heavy atom. The molecule has 1 aliphatic heterocycles. The van der Waals surface area contributed by atoms with Crippen LogP contribution in [0.2, 0.25) is 0 Å². The normalized spacial score (nSPS) is 18.0. The quantitative estimate of drug-likeness (QED) is 0.435. The molecule has 1 unspecified atom stereocenters. The van der Waals surface area contributed by atoms with Gasteiger partial charge in [-0.15, -0.1) is 11.3 Å². The van der Waals surface area contributed by atoms with Gasteiger partial charge in [-0.1, -0.05) is 0 Å². The number of carbonyl (C=O) groups is 1. The molecule has 0 bridgehead atoms. The van der Waals surface area contributed by atoms with E-state index in [1.54, 1.807) is 6.92 Å². The third-order valence-corrected chi connectivity index (χ3v) is 6.74. The Hall–Kier alpha value is -1.86. The average Bonchev–Trinajstić information content (AvgIpc) is 2.98. The van der Waals surface area contributed by atoms with Crippen LogP contribution in [0, 0.1) is 6.92 Å². The second-order valence-corrected chi connectivity index (χ2v) is 10.1. The van der Waals surface area contributed by atoms with Crippen LogP contribution in [0.25, 0.3) is 10.2 Å². The number of piperidine rings is 1. The molecule has 1 aliphatic rings. The largest absolute Gasteiger partial charge is 0.459 e. The highest BCUT2D eigenvalue weighted by atomic mass is 32.2. The van der Waals surface area contributed by atoms with Crippen molar-refractivity contribution in [1.29, 1.82) is 0 Å². The number of likely N-dealkylation sites (tertiary alicyclic amines) is 1. The molecule has 30 heavy (non-hydrogen) atoms. The van der Waals surface area contributed by atoms with Crippen LogP contribution in [0.15, 0.2) is 4.79 Å². The summed E-state index contributed by atoms with van der Waals surface area (Å²) in [7, 11) is -1.76. The Labute approximate surface area is 178 Å². The monoisotopic (exact) mass is 458 g/mol. The predicted molar refractivity (Wildman–Crippen MR) is 113 cm³/mol. The van der Waals surface area contributed by atoms with E-state index < -0.39 is 16.0 Å². The smallest absolute Gasteiger partial charge is 0.348 e. The van der Waals surface area contributed by atoms with Gasteiger partial charge in [-0.05, 0) is 31.9 Å². The van der Waals surface area contributed by atoms with Crippen molar-refractivity contribution in [1.82, 2.24) is 19.6 Å². The minimum Gasteiger partial charge on any atom is -0.459 e. The number of aryl methyl sites for hydroxylation is 1. The molecule has 1 saturated heterocycles. The van der Waals surface area contributed by atoms with E-state index in [1.807, 2.05) is 0 Å². The fourth-order valence-electron chi connectivity index (χ4n) is 3.55. The summed E-state index contributed by atoms with van der Waals surface area (Å²) in [4.78, 5) is 35.2. The van der Waals surface area contributed by atoms with Crippen molar-refractivity contribution in [3.63, 3.8) is 0 Å². The lowest BCUT2D eigenvalue weighted by molar-refractivity contribution is 0.0393. The molecule has 12 heteroatoms. The third kappa shape index (κ3) is 5.64.